The van der Waals surface area contributed by atoms with Crippen molar-refractivity contribution in [3.63, 3.8) is 0 Å². The molecule has 3 aromatic rings. The molecule has 4 rings (SSSR count). The monoisotopic (exact) mass is 375 g/mol. The van der Waals surface area contributed by atoms with E-state index in [2.05, 4.69) is 5.10 Å². The topological polar surface area (TPSA) is 64.4 Å². The fourth-order valence-electron chi connectivity index (χ4n) is 3.50. The standard InChI is InChI=1S/C22H21N3O3/c1-15-19(14-23-25(15)18-9-4-3-5-10-18)22(27)28-16(2)21(26)24-13-12-17-8-6-7-11-20(17)24/h3-11,14,16H,12-13H2,1-2H3. The highest BCUT2D eigenvalue weighted by atomic mass is 16.5. The van der Waals surface area contributed by atoms with Gasteiger partial charge < -0.3 is 9.64 Å². The van der Waals surface area contributed by atoms with Crippen LogP contribution in [0.25, 0.3) is 5.69 Å². The molecule has 2 heterocycles. The van der Waals surface area contributed by atoms with Gasteiger partial charge in [-0.15, -0.1) is 0 Å². The number of fused-ring (bicyclic) bond motifs is 1. The highest BCUT2D eigenvalue weighted by Crippen LogP contribution is 2.28. The van der Waals surface area contributed by atoms with Gasteiger partial charge in [-0.1, -0.05) is 36.4 Å². The summed E-state index contributed by atoms with van der Waals surface area (Å²) in [7, 11) is 0. The Kier molecular flexibility index (Phi) is 4.69. The molecule has 28 heavy (non-hydrogen) atoms. The predicted octanol–water partition coefficient (Wildman–Crippen LogP) is 3.32. The Morgan fingerprint density at radius 1 is 1.07 bits per heavy atom. The zero-order valence-electron chi connectivity index (χ0n) is 15.8. The molecule has 0 aliphatic carbocycles. The zero-order valence-corrected chi connectivity index (χ0v) is 15.8. The van der Waals surface area contributed by atoms with Crippen molar-refractivity contribution in [2.24, 2.45) is 0 Å². The number of anilines is 1. The van der Waals surface area contributed by atoms with E-state index in [1.54, 1.807) is 23.4 Å². The lowest BCUT2D eigenvalue weighted by Gasteiger charge is -2.21. The van der Waals surface area contributed by atoms with E-state index in [4.69, 9.17) is 4.74 Å². The SMILES string of the molecule is Cc1c(C(=O)OC(C)C(=O)N2CCc3ccccc32)cnn1-c1ccccc1. The fraction of sp³-hybridized carbons (Fsp3) is 0.227. The summed E-state index contributed by atoms with van der Waals surface area (Å²) >= 11 is 0. The molecule has 6 heteroatoms. The second kappa shape index (κ2) is 7.31. The number of hydrogen-bond acceptors (Lipinski definition) is 4. The number of aromatic nitrogens is 2. The molecule has 1 amide bonds. The van der Waals surface area contributed by atoms with Crippen molar-refractivity contribution in [3.05, 3.63) is 77.6 Å². The summed E-state index contributed by atoms with van der Waals surface area (Å²) in [4.78, 5) is 27.1. The van der Waals surface area contributed by atoms with E-state index in [0.717, 1.165) is 23.4 Å². The van der Waals surface area contributed by atoms with Gasteiger partial charge in [-0.05, 0) is 44.0 Å². The summed E-state index contributed by atoms with van der Waals surface area (Å²) < 4.78 is 7.15. The lowest BCUT2D eigenvalue weighted by atomic mass is 10.2. The summed E-state index contributed by atoms with van der Waals surface area (Å²) in [6.45, 7) is 4.02. The molecule has 0 N–H and O–H groups in total. The van der Waals surface area contributed by atoms with Crippen LogP contribution in [0, 0.1) is 6.92 Å². The Bertz CT molecular complexity index is 1030. The zero-order chi connectivity index (χ0) is 19.7. The van der Waals surface area contributed by atoms with Crippen molar-refractivity contribution in [1.29, 1.82) is 0 Å². The third kappa shape index (κ3) is 3.17. The molecule has 0 saturated carbocycles. The molecule has 0 fully saturated rings. The molecular weight excluding hydrogens is 354 g/mol. The normalized spacial score (nSPS) is 13.9. The number of carbonyl (C=O) groups is 2. The van der Waals surface area contributed by atoms with Gasteiger partial charge in [-0.25, -0.2) is 9.48 Å². The molecule has 0 bridgehead atoms. The summed E-state index contributed by atoms with van der Waals surface area (Å²) in [6, 6.07) is 17.3. The number of esters is 1. The third-order valence-corrected chi connectivity index (χ3v) is 5.02. The first-order valence-corrected chi connectivity index (χ1v) is 9.26. The number of amides is 1. The first kappa shape index (κ1) is 18.0. The molecule has 2 aromatic carbocycles. The van der Waals surface area contributed by atoms with Gasteiger partial charge in [0.2, 0.25) is 0 Å². The largest absolute Gasteiger partial charge is 0.449 e. The Labute approximate surface area is 163 Å². The van der Waals surface area contributed by atoms with Crippen LogP contribution in [0.2, 0.25) is 0 Å². The average Bonchev–Trinajstić information content (AvgIpc) is 3.31. The van der Waals surface area contributed by atoms with Gasteiger partial charge in [0.25, 0.3) is 5.91 Å². The van der Waals surface area contributed by atoms with Gasteiger partial charge in [0, 0.05) is 12.2 Å². The van der Waals surface area contributed by atoms with Crippen LogP contribution in [0.5, 0.6) is 0 Å². The smallest absolute Gasteiger partial charge is 0.342 e. The number of rotatable bonds is 4. The molecule has 0 saturated heterocycles. The molecule has 0 radical (unpaired) electrons. The Balaban J connectivity index is 1.48. The van der Waals surface area contributed by atoms with Crippen LogP contribution in [0.3, 0.4) is 0 Å². The molecule has 142 valence electrons. The van der Waals surface area contributed by atoms with Crippen molar-refractivity contribution >= 4 is 17.6 Å². The van der Waals surface area contributed by atoms with E-state index in [-0.39, 0.29) is 5.91 Å². The number of benzene rings is 2. The van der Waals surface area contributed by atoms with Gasteiger partial charge in [0.1, 0.15) is 5.56 Å². The van der Waals surface area contributed by atoms with E-state index in [1.165, 1.54) is 6.20 Å². The van der Waals surface area contributed by atoms with E-state index in [1.807, 2.05) is 54.6 Å². The van der Waals surface area contributed by atoms with E-state index >= 15 is 0 Å². The number of para-hydroxylation sites is 2. The first-order chi connectivity index (χ1) is 13.6. The van der Waals surface area contributed by atoms with Crippen molar-refractivity contribution in [2.75, 3.05) is 11.4 Å². The third-order valence-electron chi connectivity index (χ3n) is 5.02. The second-order valence-corrected chi connectivity index (χ2v) is 6.81. The van der Waals surface area contributed by atoms with Crippen molar-refractivity contribution in [1.82, 2.24) is 9.78 Å². The van der Waals surface area contributed by atoms with Crippen LogP contribution in [0.1, 0.15) is 28.5 Å². The fourth-order valence-corrected chi connectivity index (χ4v) is 3.50. The summed E-state index contributed by atoms with van der Waals surface area (Å²) in [5, 5.41) is 4.29. The second-order valence-electron chi connectivity index (χ2n) is 6.81. The number of hydrogen-bond donors (Lipinski definition) is 0. The van der Waals surface area contributed by atoms with E-state index in [0.29, 0.717) is 17.8 Å². The van der Waals surface area contributed by atoms with Gasteiger partial charge in [-0.3, -0.25) is 4.79 Å². The van der Waals surface area contributed by atoms with Crippen LogP contribution in [0.4, 0.5) is 5.69 Å². The van der Waals surface area contributed by atoms with Crippen LogP contribution in [-0.2, 0) is 16.0 Å². The first-order valence-electron chi connectivity index (χ1n) is 9.26. The summed E-state index contributed by atoms with van der Waals surface area (Å²) in [5.74, 6) is -0.764. The molecule has 1 aliphatic rings. The number of carbonyl (C=O) groups excluding carboxylic acids is 2. The minimum absolute atomic E-state index is 0.216. The number of ether oxygens (including phenoxy) is 1. The summed E-state index contributed by atoms with van der Waals surface area (Å²) in [6.07, 6.45) is 1.41. The van der Waals surface area contributed by atoms with Crippen molar-refractivity contribution in [3.8, 4) is 5.69 Å². The van der Waals surface area contributed by atoms with Gasteiger partial charge >= 0.3 is 5.97 Å². The van der Waals surface area contributed by atoms with Crippen LogP contribution in [0.15, 0.2) is 60.8 Å². The molecular formula is C22H21N3O3. The summed E-state index contributed by atoms with van der Waals surface area (Å²) in [5.41, 5.74) is 3.90. The van der Waals surface area contributed by atoms with Gasteiger partial charge in [-0.2, -0.15) is 5.10 Å². The lowest BCUT2D eigenvalue weighted by molar-refractivity contribution is -0.126. The lowest BCUT2D eigenvalue weighted by Crippen LogP contribution is -2.39. The van der Waals surface area contributed by atoms with Gasteiger partial charge in [0.05, 0.1) is 17.6 Å². The molecule has 1 unspecified atom stereocenters. The van der Waals surface area contributed by atoms with Crippen LogP contribution >= 0.6 is 0 Å². The quantitative estimate of drug-likeness (QED) is 0.656. The molecule has 1 atom stereocenters. The molecule has 6 nitrogen and oxygen atoms in total. The maximum atomic E-state index is 12.8. The predicted molar refractivity (Wildman–Crippen MR) is 106 cm³/mol. The maximum absolute atomic E-state index is 12.8. The minimum Gasteiger partial charge on any atom is -0.449 e. The van der Waals surface area contributed by atoms with Crippen LogP contribution < -0.4 is 4.90 Å². The maximum Gasteiger partial charge on any atom is 0.342 e. The van der Waals surface area contributed by atoms with Crippen molar-refractivity contribution in [2.45, 2.75) is 26.4 Å². The number of nitrogens with zero attached hydrogens (tertiary/aromatic N) is 3. The van der Waals surface area contributed by atoms with Crippen molar-refractivity contribution < 1.29 is 14.3 Å². The molecule has 1 aliphatic heterocycles. The highest BCUT2D eigenvalue weighted by molar-refractivity contribution is 6.00. The highest BCUT2D eigenvalue weighted by Gasteiger charge is 2.30. The van der Waals surface area contributed by atoms with E-state index < -0.39 is 12.1 Å². The Morgan fingerprint density at radius 2 is 1.79 bits per heavy atom. The molecule has 1 aromatic heterocycles. The Morgan fingerprint density at radius 3 is 2.57 bits per heavy atom. The van der Waals surface area contributed by atoms with Crippen LogP contribution in [-0.4, -0.2) is 34.3 Å². The average molecular weight is 375 g/mol. The minimum atomic E-state index is -0.877. The van der Waals surface area contributed by atoms with E-state index in [9.17, 15) is 9.59 Å². The Hall–Kier alpha value is -3.41. The van der Waals surface area contributed by atoms with Gasteiger partial charge in [0.15, 0.2) is 6.10 Å². The molecule has 0 spiro atoms.